The summed E-state index contributed by atoms with van der Waals surface area (Å²) in [5.74, 6) is -0.0367. The highest BCUT2D eigenvalue weighted by atomic mass is 35.5. The first-order chi connectivity index (χ1) is 13.6. The number of benzene rings is 2. The molecule has 0 fully saturated rings. The number of nitrogens with one attached hydrogen (secondary N) is 1. The second-order valence-corrected chi connectivity index (χ2v) is 7.28. The standard InChI is InChI=1S/C22H21ClN2O3/c23-19-6-2-1-4-15(19)5-3-10-25-14-18(22(26)27)13-20(24-25)16-7-8-21-17(12-16)9-11-28-21/h1-2,4,6-8,12-14,24H,3,5,9-11H2,(H,26,27). The lowest BCUT2D eigenvalue weighted by Gasteiger charge is -2.28. The number of carboxylic acids is 1. The lowest BCUT2D eigenvalue weighted by molar-refractivity contribution is -0.132. The molecule has 2 heterocycles. The van der Waals surface area contributed by atoms with Gasteiger partial charge in [-0.25, -0.2) is 4.79 Å². The van der Waals surface area contributed by atoms with Crippen LogP contribution in [0.4, 0.5) is 0 Å². The minimum Gasteiger partial charge on any atom is -0.493 e. The van der Waals surface area contributed by atoms with Gasteiger partial charge in [0.15, 0.2) is 0 Å². The highest BCUT2D eigenvalue weighted by Gasteiger charge is 2.19. The van der Waals surface area contributed by atoms with Crippen molar-refractivity contribution >= 4 is 23.3 Å². The summed E-state index contributed by atoms with van der Waals surface area (Å²) < 4.78 is 5.56. The first-order valence-corrected chi connectivity index (χ1v) is 9.67. The van der Waals surface area contributed by atoms with Gasteiger partial charge in [-0.3, -0.25) is 10.4 Å². The molecule has 0 saturated carbocycles. The molecule has 2 aromatic rings. The fourth-order valence-corrected chi connectivity index (χ4v) is 3.69. The molecule has 0 unspecified atom stereocenters. The number of carboxylic acid groups (broad SMARTS) is 1. The number of rotatable bonds is 6. The molecule has 144 valence electrons. The molecule has 2 aliphatic heterocycles. The zero-order valence-corrected chi connectivity index (χ0v) is 16.1. The zero-order valence-electron chi connectivity index (χ0n) is 15.3. The molecule has 0 saturated heterocycles. The van der Waals surface area contributed by atoms with Crippen LogP contribution >= 0.6 is 11.6 Å². The van der Waals surface area contributed by atoms with Crippen molar-refractivity contribution in [2.24, 2.45) is 0 Å². The average Bonchev–Trinajstić information content (AvgIpc) is 3.17. The van der Waals surface area contributed by atoms with Crippen molar-refractivity contribution in [3.8, 4) is 5.75 Å². The van der Waals surface area contributed by atoms with E-state index in [-0.39, 0.29) is 5.57 Å². The van der Waals surface area contributed by atoms with E-state index in [1.54, 1.807) is 12.3 Å². The quantitative estimate of drug-likeness (QED) is 0.771. The molecule has 2 aromatic carbocycles. The topological polar surface area (TPSA) is 61.8 Å². The molecule has 4 rings (SSSR count). The normalized spacial score (nSPS) is 15.2. The Morgan fingerprint density at radius 2 is 2.11 bits per heavy atom. The van der Waals surface area contributed by atoms with Gasteiger partial charge in [0, 0.05) is 24.2 Å². The Balaban J connectivity index is 1.48. The Labute approximate surface area is 168 Å². The molecule has 0 bridgehead atoms. The molecule has 0 atom stereocenters. The van der Waals surface area contributed by atoms with Gasteiger partial charge in [0.2, 0.25) is 0 Å². The first kappa shape index (κ1) is 18.4. The van der Waals surface area contributed by atoms with Crippen LogP contribution in [0, 0.1) is 0 Å². The number of aryl methyl sites for hydroxylation is 1. The largest absolute Gasteiger partial charge is 0.493 e. The highest BCUT2D eigenvalue weighted by Crippen LogP contribution is 2.29. The van der Waals surface area contributed by atoms with Gasteiger partial charge in [0.25, 0.3) is 0 Å². The molecule has 2 N–H and O–H groups in total. The second kappa shape index (κ2) is 7.98. The Morgan fingerprint density at radius 1 is 1.25 bits per heavy atom. The molecule has 0 amide bonds. The molecule has 0 aromatic heterocycles. The van der Waals surface area contributed by atoms with Gasteiger partial charge in [-0.1, -0.05) is 29.8 Å². The molecular weight excluding hydrogens is 376 g/mol. The van der Waals surface area contributed by atoms with Crippen molar-refractivity contribution in [2.75, 3.05) is 13.2 Å². The van der Waals surface area contributed by atoms with Crippen LogP contribution in [-0.2, 0) is 17.6 Å². The second-order valence-electron chi connectivity index (χ2n) is 6.87. The van der Waals surface area contributed by atoms with E-state index in [0.717, 1.165) is 52.4 Å². The molecule has 0 radical (unpaired) electrons. The van der Waals surface area contributed by atoms with Crippen LogP contribution < -0.4 is 10.2 Å². The third kappa shape index (κ3) is 3.99. The van der Waals surface area contributed by atoms with E-state index in [1.807, 2.05) is 41.4 Å². The fraction of sp³-hybridized carbons (Fsp3) is 0.227. The van der Waals surface area contributed by atoms with Gasteiger partial charge in [-0.2, -0.15) is 0 Å². The SMILES string of the molecule is O=C(O)C1=CN(CCCc2ccccc2Cl)NC(c2ccc3c(c2)CCO3)=C1. The van der Waals surface area contributed by atoms with Crippen LogP contribution in [0.1, 0.15) is 23.1 Å². The first-order valence-electron chi connectivity index (χ1n) is 9.30. The summed E-state index contributed by atoms with van der Waals surface area (Å²) in [6.45, 7) is 1.35. The fourth-order valence-electron chi connectivity index (χ4n) is 3.46. The van der Waals surface area contributed by atoms with Crippen molar-refractivity contribution in [2.45, 2.75) is 19.3 Å². The van der Waals surface area contributed by atoms with Crippen LogP contribution in [0.25, 0.3) is 5.70 Å². The molecular formula is C22H21ClN2O3. The van der Waals surface area contributed by atoms with Crippen molar-refractivity contribution in [1.29, 1.82) is 0 Å². The van der Waals surface area contributed by atoms with Crippen LogP contribution in [0.15, 0.2) is 60.3 Å². The summed E-state index contributed by atoms with van der Waals surface area (Å²) in [6, 6.07) is 13.8. The van der Waals surface area contributed by atoms with Crippen molar-refractivity contribution in [3.05, 3.63) is 82.0 Å². The number of ether oxygens (including phenoxy) is 1. The number of halogens is 1. The van der Waals surface area contributed by atoms with E-state index >= 15 is 0 Å². The van der Waals surface area contributed by atoms with Crippen LogP contribution in [0.3, 0.4) is 0 Å². The number of hydrazine groups is 1. The maximum absolute atomic E-state index is 11.6. The molecule has 0 spiro atoms. The Hall–Kier alpha value is -2.92. The Morgan fingerprint density at radius 3 is 2.93 bits per heavy atom. The van der Waals surface area contributed by atoms with E-state index in [2.05, 4.69) is 11.5 Å². The number of fused-ring (bicyclic) bond motifs is 1. The van der Waals surface area contributed by atoms with Crippen molar-refractivity contribution in [1.82, 2.24) is 10.4 Å². The van der Waals surface area contributed by atoms with Crippen LogP contribution in [-0.4, -0.2) is 29.2 Å². The number of hydrogen-bond donors (Lipinski definition) is 2. The van der Waals surface area contributed by atoms with E-state index in [1.165, 1.54) is 0 Å². The molecule has 5 nitrogen and oxygen atoms in total. The molecule has 6 heteroatoms. The van der Waals surface area contributed by atoms with Crippen LogP contribution in [0.2, 0.25) is 5.02 Å². The smallest absolute Gasteiger partial charge is 0.337 e. The lowest BCUT2D eigenvalue weighted by Crippen LogP contribution is -2.36. The summed E-state index contributed by atoms with van der Waals surface area (Å²) in [5.41, 5.74) is 7.55. The predicted molar refractivity (Wildman–Crippen MR) is 109 cm³/mol. The van der Waals surface area contributed by atoms with Gasteiger partial charge in [-0.05, 0) is 59.9 Å². The van der Waals surface area contributed by atoms with Crippen molar-refractivity contribution in [3.63, 3.8) is 0 Å². The van der Waals surface area contributed by atoms with Gasteiger partial charge in [0.05, 0.1) is 17.9 Å². The zero-order chi connectivity index (χ0) is 19.5. The third-order valence-electron chi connectivity index (χ3n) is 4.91. The summed E-state index contributed by atoms with van der Waals surface area (Å²) in [4.78, 5) is 11.6. The van der Waals surface area contributed by atoms with Gasteiger partial charge >= 0.3 is 5.97 Å². The number of carbonyl (C=O) groups is 1. The summed E-state index contributed by atoms with van der Waals surface area (Å²) in [6.07, 6.45) is 5.84. The summed E-state index contributed by atoms with van der Waals surface area (Å²) >= 11 is 6.22. The molecule has 0 aliphatic carbocycles. The van der Waals surface area contributed by atoms with Gasteiger partial charge < -0.3 is 9.84 Å². The predicted octanol–water partition coefficient (Wildman–Crippen LogP) is 4.04. The summed E-state index contributed by atoms with van der Waals surface area (Å²) in [7, 11) is 0. The molecule has 2 aliphatic rings. The average molecular weight is 397 g/mol. The van der Waals surface area contributed by atoms with E-state index in [0.29, 0.717) is 13.2 Å². The summed E-state index contributed by atoms with van der Waals surface area (Å²) in [5, 5.41) is 12.1. The van der Waals surface area contributed by atoms with Gasteiger partial charge in [0.1, 0.15) is 5.75 Å². The van der Waals surface area contributed by atoms with Crippen molar-refractivity contribution < 1.29 is 14.6 Å². The monoisotopic (exact) mass is 396 g/mol. The van der Waals surface area contributed by atoms with Crippen LogP contribution in [0.5, 0.6) is 5.75 Å². The minimum atomic E-state index is -0.945. The number of hydrogen-bond acceptors (Lipinski definition) is 4. The maximum atomic E-state index is 11.6. The third-order valence-corrected chi connectivity index (χ3v) is 5.28. The van der Waals surface area contributed by atoms with E-state index in [4.69, 9.17) is 16.3 Å². The van der Waals surface area contributed by atoms with E-state index < -0.39 is 5.97 Å². The Bertz CT molecular complexity index is 968. The maximum Gasteiger partial charge on any atom is 0.337 e. The number of nitrogens with zero attached hydrogens (tertiary/aromatic N) is 1. The number of aliphatic carboxylic acids is 1. The lowest BCUT2D eigenvalue weighted by atomic mass is 10.0. The van der Waals surface area contributed by atoms with Gasteiger partial charge in [-0.15, -0.1) is 0 Å². The highest BCUT2D eigenvalue weighted by molar-refractivity contribution is 6.31. The minimum absolute atomic E-state index is 0.253. The van der Waals surface area contributed by atoms with E-state index in [9.17, 15) is 9.90 Å². The Kier molecular flexibility index (Phi) is 5.26. The molecule has 28 heavy (non-hydrogen) atoms.